The molecule has 0 bridgehead atoms. The lowest BCUT2D eigenvalue weighted by Crippen LogP contribution is -2.33. The van der Waals surface area contributed by atoms with Crippen LogP contribution in [0.15, 0.2) is 46.1 Å². The minimum absolute atomic E-state index is 0.0182. The van der Waals surface area contributed by atoms with E-state index < -0.39 is 34.8 Å². The van der Waals surface area contributed by atoms with E-state index in [9.17, 15) is 27.9 Å². The predicted molar refractivity (Wildman–Crippen MR) is 100 cm³/mol. The number of alkyl halides is 3. The van der Waals surface area contributed by atoms with E-state index in [1.165, 1.54) is 13.2 Å². The fourth-order valence-corrected chi connectivity index (χ4v) is 4.16. The zero-order valence-electron chi connectivity index (χ0n) is 16.1. The molecule has 1 aliphatic rings. The molecule has 1 aromatic rings. The Bertz CT molecular complexity index is 901. The zero-order chi connectivity index (χ0) is 21.4. The summed E-state index contributed by atoms with van der Waals surface area (Å²) in [6, 6.07) is 0.829. The molecule has 152 valence electrons. The fraction of sp³-hybridized carbons (Fsp3) is 0.400. The number of halogens is 3. The summed E-state index contributed by atoms with van der Waals surface area (Å²) in [4.78, 5) is 24.0. The molecule has 1 N–H and O–H groups in total. The number of hydrogen-bond donors (Lipinski definition) is 1. The second-order valence-electron chi connectivity index (χ2n) is 7.12. The summed E-state index contributed by atoms with van der Waals surface area (Å²) < 4.78 is 43.6. The monoisotopic (exact) mass is 414 g/mol. The van der Waals surface area contributed by atoms with Gasteiger partial charge in [0.05, 0.1) is 23.1 Å². The van der Waals surface area contributed by atoms with Gasteiger partial charge in [0.25, 0.3) is 0 Å². The summed E-state index contributed by atoms with van der Waals surface area (Å²) >= 11 is 0.732. The maximum atomic E-state index is 12.7. The van der Waals surface area contributed by atoms with Gasteiger partial charge in [0.15, 0.2) is 5.78 Å². The van der Waals surface area contributed by atoms with E-state index in [1.807, 2.05) is 13.8 Å². The Kier molecular flexibility index (Phi) is 5.94. The quantitative estimate of drug-likeness (QED) is 0.512. The van der Waals surface area contributed by atoms with Gasteiger partial charge in [-0.25, -0.2) is 4.79 Å². The molecule has 1 unspecified atom stereocenters. The fourth-order valence-electron chi connectivity index (χ4n) is 3.33. The molecule has 0 saturated heterocycles. The van der Waals surface area contributed by atoms with E-state index in [0.717, 1.165) is 22.8 Å². The number of allylic oxidation sites excluding steroid dienone is 3. The van der Waals surface area contributed by atoms with Gasteiger partial charge in [-0.1, -0.05) is 25.5 Å². The smallest absolute Gasteiger partial charge is 0.417 e. The largest absolute Gasteiger partial charge is 0.500 e. The average Bonchev–Trinajstić information content (AvgIpc) is 3.07. The van der Waals surface area contributed by atoms with Crippen molar-refractivity contribution in [3.63, 3.8) is 0 Å². The number of aliphatic carboxylic acids is 1. The summed E-state index contributed by atoms with van der Waals surface area (Å²) in [5.74, 6) is -1.63. The Morgan fingerprint density at radius 1 is 1.29 bits per heavy atom. The molecule has 0 saturated carbocycles. The number of carboxylic acids is 1. The van der Waals surface area contributed by atoms with E-state index in [0.29, 0.717) is 16.9 Å². The Morgan fingerprint density at radius 3 is 2.36 bits per heavy atom. The van der Waals surface area contributed by atoms with Gasteiger partial charge in [0, 0.05) is 16.9 Å². The molecular formula is C20H21F3O4S. The van der Waals surface area contributed by atoms with Crippen molar-refractivity contribution in [2.45, 2.75) is 33.9 Å². The standard InChI is InChI=1S/C20H21F3O4S/c1-10-16(18(25)26)11(2)19(3,4)13(17(10)27-5)6-7-14(24)15-8-12(9-28-15)20(21,22)23/h6-9,13H,1-5H3,(H,25,26). The van der Waals surface area contributed by atoms with E-state index in [-0.39, 0.29) is 10.5 Å². The zero-order valence-corrected chi connectivity index (χ0v) is 16.9. The van der Waals surface area contributed by atoms with Crippen LogP contribution in [0.4, 0.5) is 13.2 Å². The van der Waals surface area contributed by atoms with Crippen LogP contribution < -0.4 is 0 Å². The average molecular weight is 414 g/mol. The second kappa shape index (κ2) is 7.58. The number of ketones is 1. The lowest BCUT2D eigenvalue weighted by Gasteiger charge is -2.40. The molecule has 0 radical (unpaired) electrons. The van der Waals surface area contributed by atoms with Gasteiger partial charge in [-0.15, -0.1) is 11.3 Å². The molecule has 28 heavy (non-hydrogen) atoms. The van der Waals surface area contributed by atoms with Crippen molar-refractivity contribution in [1.82, 2.24) is 0 Å². The molecule has 0 aromatic carbocycles. The molecule has 1 aromatic heterocycles. The number of carboxylic acid groups (broad SMARTS) is 1. The first-order valence-corrected chi connectivity index (χ1v) is 9.28. The molecule has 0 spiro atoms. The van der Waals surface area contributed by atoms with Gasteiger partial charge >= 0.3 is 12.1 Å². The molecule has 0 amide bonds. The Labute approximate surface area is 165 Å². The first kappa shape index (κ1) is 21.9. The molecule has 0 aliphatic heterocycles. The van der Waals surface area contributed by atoms with Gasteiger partial charge in [0.2, 0.25) is 0 Å². The van der Waals surface area contributed by atoms with Crippen LogP contribution in [0.3, 0.4) is 0 Å². The summed E-state index contributed by atoms with van der Waals surface area (Å²) in [6.07, 6.45) is -1.70. The third-order valence-electron chi connectivity index (χ3n) is 5.19. The number of ether oxygens (including phenoxy) is 1. The summed E-state index contributed by atoms with van der Waals surface area (Å²) in [7, 11) is 1.42. The number of thiophene rings is 1. The minimum Gasteiger partial charge on any atom is -0.500 e. The summed E-state index contributed by atoms with van der Waals surface area (Å²) in [5, 5.41) is 10.4. The molecule has 0 fully saturated rings. The summed E-state index contributed by atoms with van der Waals surface area (Å²) in [5.41, 5.74) is -0.251. The van der Waals surface area contributed by atoms with Gasteiger partial charge < -0.3 is 9.84 Å². The highest BCUT2D eigenvalue weighted by Crippen LogP contribution is 2.48. The van der Waals surface area contributed by atoms with Crippen molar-refractivity contribution in [2.24, 2.45) is 11.3 Å². The van der Waals surface area contributed by atoms with Crippen LogP contribution in [0.25, 0.3) is 0 Å². The van der Waals surface area contributed by atoms with Gasteiger partial charge in [-0.05, 0) is 31.4 Å². The van der Waals surface area contributed by atoms with Gasteiger partial charge in [0.1, 0.15) is 5.76 Å². The molecule has 1 atom stereocenters. The van der Waals surface area contributed by atoms with E-state index >= 15 is 0 Å². The van der Waals surface area contributed by atoms with Crippen molar-refractivity contribution < 1.29 is 32.6 Å². The normalized spacial score (nSPS) is 20.1. The number of carbonyl (C=O) groups excluding carboxylic acids is 1. The topological polar surface area (TPSA) is 63.6 Å². The van der Waals surface area contributed by atoms with E-state index in [4.69, 9.17) is 4.74 Å². The second-order valence-corrected chi connectivity index (χ2v) is 8.03. The molecule has 1 aliphatic carbocycles. The SMILES string of the molecule is COC1=C(C)C(C(=O)O)=C(C)C(C)(C)C1C=CC(=O)c1cc(C(F)(F)F)cs1. The van der Waals surface area contributed by atoms with Crippen LogP contribution in [-0.2, 0) is 15.7 Å². The third-order valence-corrected chi connectivity index (χ3v) is 6.13. The highest BCUT2D eigenvalue weighted by Gasteiger charge is 2.41. The van der Waals surface area contributed by atoms with Crippen LogP contribution in [-0.4, -0.2) is 24.0 Å². The van der Waals surface area contributed by atoms with Crippen molar-refractivity contribution >= 4 is 23.1 Å². The molecule has 2 rings (SSSR count). The van der Waals surface area contributed by atoms with Gasteiger partial charge in [-0.3, -0.25) is 4.79 Å². The summed E-state index contributed by atoms with van der Waals surface area (Å²) in [6.45, 7) is 7.03. The van der Waals surface area contributed by atoms with Crippen molar-refractivity contribution in [1.29, 1.82) is 0 Å². The molecule has 4 nitrogen and oxygen atoms in total. The predicted octanol–water partition coefficient (Wildman–Crippen LogP) is 5.48. The highest BCUT2D eigenvalue weighted by molar-refractivity contribution is 7.12. The number of methoxy groups -OCH3 is 1. The maximum Gasteiger partial charge on any atom is 0.417 e. The highest BCUT2D eigenvalue weighted by atomic mass is 32.1. The maximum absolute atomic E-state index is 12.7. The Morgan fingerprint density at radius 2 is 1.89 bits per heavy atom. The molecule has 8 heteroatoms. The van der Waals surface area contributed by atoms with Crippen LogP contribution in [0.5, 0.6) is 0 Å². The van der Waals surface area contributed by atoms with E-state index in [2.05, 4.69) is 0 Å². The number of carbonyl (C=O) groups is 2. The minimum atomic E-state index is -4.50. The van der Waals surface area contributed by atoms with Gasteiger partial charge in [-0.2, -0.15) is 13.2 Å². The Balaban J connectivity index is 2.40. The molecular weight excluding hydrogens is 393 g/mol. The van der Waals surface area contributed by atoms with Crippen molar-refractivity contribution in [3.05, 3.63) is 56.5 Å². The van der Waals surface area contributed by atoms with Crippen LogP contribution >= 0.6 is 11.3 Å². The van der Waals surface area contributed by atoms with Crippen LogP contribution in [0.2, 0.25) is 0 Å². The van der Waals surface area contributed by atoms with Crippen molar-refractivity contribution in [2.75, 3.05) is 7.11 Å². The molecule has 1 heterocycles. The van der Waals surface area contributed by atoms with Crippen LogP contribution in [0.1, 0.15) is 42.9 Å². The lowest BCUT2D eigenvalue weighted by atomic mass is 9.66. The third kappa shape index (κ3) is 3.92. The number of rotatable bonds is 5. The van der Waals surface area contributed by atoms with Crippen LogP contribution in [0, 0.1) is 11.3 Å². The lowest BCUT2D eigenvalue weighted by molar-refractivity contribution is -0.137. The Hall–Kier alpha value is -2.35. The first-order chi connectivity index (χ1) is 12.8. The number of hydrogen-bond acceptors (Lipinski definition) is 4. The first-order valence-electron chi connectivity index (χ1n) is 8.40. The van der Waals surface area contributed by atoms with Crippen molar-refractivity contribution in [3.8, 4) is 0 Å². The van der Waals surface area contributed by atoms with E-state index in [1.54, 1.807) is 19.9 Å².